The molecule has 0 aliphatic carbocycles. The molecular formula is C4H5N3OS. The van der Waals surface area contributed by atoms with Crippen LogP contribution >= 0.6 is 11.3 Å². The van der Waals surface area contributed by atoms with E-state index in [1.54, 1.807) is 10.9 Å². The van der Waals surface area contributed by atoms with Crippen molar-refractivity contribution in [1.29, 1.82) is 5.41 Å². The van der Waals surface area contributed by atoms with Gasteiger partial charge in [-0.25, -0.2) is 4.98 Å². The monoisotopic (exact) mass is 143 g/mol. The van der Waals surface area contributed by atoms with Gasteiger partial charge in [0, 0.05) is 5.38 Å². The van der Waals surface area contributed by atoms with Gasteiger partial charge < -0.3 is 4.84 Å². The topological polar surface area (TPSA) is 72.0 Å². The summed E-state index contributed by atoms with van der Waals surface area (Å²) in [4.78, 5) is 7.90. The number of nitrogens with zero attached hydrogens (tertiary/aromatic N) is 1. The molecule has 0 radical (unpaired) electrons. The van der Waals surface area contributed by atoms with E-state index in [0.29, 0.717) is 5.69 Å². The molecule has 1 aromatic heterocycles. The quantitative estimate of drug-likeness (QED) is 0.338. The van der Waals surface area contributed by atoms with E-state index >= 15 is 0 Å². The lowest BCUT2D eigenvalue weighted by Crippen LogP contribution is -2.09. The van der Waals surface area contributed by atoms with Gasteiger partial charge in [0.2, 0.25) is 0 Å². The predicted octanol–water partition coefficient (Wildman–Crippen LogP) is 0.359. The van der Waals surface area contributed by atoms with Crippen molar-refractivity contribution in [3.63, 3.8) is 0 Å². The maximum absolute atomic E-state index is 6.99. The Labute approximate surface area is 55.7 Å². The van der Waals surface area contributed by atoms with Crippen molar-refractivity contribution in [2.45, 2.75) is 0 Å². The molecule has 0 atom stereocenters. The highest BCUT2D eigenvalue weighted by Gasteiger charge is 2.00. The van der Waals surface area contributed by atoms with Crippen molar-refractivity contribution in [3.8, 4) is 0 Å². The third kappa shape index (κ3) is 1.24. The van der Waals surface area contributed by atoms with Gasteiger partial charge in [0.1, 0.15) is 5.69 Å². The Bertz CT molecular complexity index is 196. The first-order chi connectivity index (χ1) is 4.34. The van der Waals surface area contributed by atoms with E-state index in [9.17, 15) is 0 Å². The molecule has 0 amide bonds. The zero-order valence-electron chi connectivity index (χ0n) is 4.50. The van der Waals surface area contributed by atoms with E-state index in [4.69, 9.17) is 11.3 Å². The summed E-state index contributed by atoms with van der Waals surface area (Å²) in [5, 5.41) is 8.68. The minimum atomic E-state index is -0.101. The maximum Gasteiger partial charge on any atom is 0.256 e. The highest BCUT2D eigenvalue weighted by molar-refractivity contribution is 7.07. The Hall–Kier alpha value is -0.940. The minimum Gasteiger partial charge on any atom is -0.389 e. The van der Waals surface area contributed by atoms with Crippen molar-refractivity contribution in [3.05, 3.63) is 16.6 Å². The first-order valence-corrected chi connectivity index (χ1v) is 3.12. The van der Waals surface area contributed by atoms with E-state index in [2.05, 4.69) is 9.82 Å². The van der Waals surface area contributed by atoms with Crippen LogP contribution in [-0.4, -0.2) is 10.9 Å². The lowest BCUT2D eigenvalue weighted by molar-refractivity contribution is 0.318. The molecule has 0 aliphatic rings. The second kappa shape index (κ2) is 2.56. The Kier molecular flexibility index (Phi) is 1.76. The predicted molar refractivity (Wildman–Crippen MR) is 34.2 cm³/mol. The van der Waals surface area contributed by atoms with Gasteiger partial charge >= 0.3 is 0 Å². The number of hydrogen-bond donors (Lipinski definition) is 2. The van der Waals surface area contributed by atoms with Crippen LogP contribution in [0.1, 0.15) is 5.69 Å². The molecule has 0 unspecified atom stereocenters. The fourth-order valence-corrected chi connectivity index (χ4v) is 0.917. The lowest BCUT2D eigenvalue weighted by Gasteiger charge is -1.92. The third-order valence-electron chi connectivity index (χ3n) is 0.783. The molecule has 0 spiro atoms. The molecule has 0 aromatic carbocycles. The second-order valence-electron chi connectivity index (χ2n) is 1.32. The zero-order chi connectivity index (χ0) is 6.69. The van der Waals surface area contributed by atoms with Crippen molar-refractivity contribution in [2.24, 2.45) is 5.90 Å². The maximum atomic E-state index is 6.99. The highest BCUT2D eigenvalue weighted by atomic mass is 32.1. The SMILES string of the molecule is N=C(ON)c1cscn1. The summed E-state index contributed by atoms with van der Waals surface area (Å²) in [6.45, 7) is 0. The van der Waals surface area contributed by atoms with E-state index < -0.39 is 0 Å². The van der Waals surface area contributed by atoms with Crippen molar-refractivity contribution in [2.75, 3.05) is 0 Å². The van der Waals surface area contributed by atoms with Gasteiger partial charge in [0.15, 0.2) is 0 Å². The molecule has 1 heterocycles. The van der Waals surface area contributed by atoms with Crippen LogP contribution in [-0.2, 0) is 4.84 Å². The van der Waals surface area contributed by atoms with Crippen LogP contribution in [0.3, 0.4) is 0 Å². The molecule has 48 valence electrons. The van der Waals surface area contributed by atoms with Gasteiger partial charge in [0.25, 0.3) is 5.90 Å². The average molecular weight is 143 g/mol. The molecule has 0 aliphatic heterocycles. The third-order valence-corrected chi connectivity index (χ3v) is 1.37. The van der Waals surface area contributed by atoms with Crippen molar-refractivity contribution < 1.29 is 4.84 Å². The zero-order valence-corrected chi connectivity index (χ0v) is 5.31. The Balaban J connectivity index is 2.77. The van der Waals surface area contributed by atoms with Gasteiger partial charge in [0.05, 0.1) is 5.51 Å². The van der Waals surface area contributed by atoms with Gasteiger partial charge in [-0.2, -0.15) is 5.90 Å². The summed E-state index contributed by atoms with van der Waals surface area (Å²) in [6.07, 6.45) is 0. The van der Waals surface area contributed by atoms with E-state index in [0.717, 1.165) is 0 Å². The van der Waals surface area contributed by atoms with Crippen LogP contribution in [0.5, 0.6) is 0 Å². The number of nitrogens with two attached hydrogens (primary N) is 1. The minimum absolute atomic E-state index is 0.101. The summed E-state index contributed by atoms with van der Waals surface area (Å²) < 4.78 is 0. The molecule has 0 saturated heterocycles. The molecule has 0 fully saturated rings. The Morgan fingerprint density at radius 2 is 2.67 bits per heavy atom. The molecule has 0 saturated carbocycles. The molecule has 4 nitrogen and oxygen atoms in total. The smallest absolute Gasteiger partial charge is 0.256 e. The summed E-state index contributed by atoms with van der Waals surface area (Å²) in [5.41, 5.74) is 2.09. The highest BCUT2D eigenvalue weighted by Crippen LogP contribution is 2.00. The normalized spacial score (nSPS) is 9.00. The first kappa shape index (κ1) is 6.18. The molecular weight excluding hydrogens is 138 g/mol. The van der Waals surface area contributed by atoms with Gasteiger partial charge in [-0.15, -0.1) is 11.3 Å². The summed E-state index contributed by atoms with van der Waals surface area (Å²) in [6, 6.07) is 0. The lowest BCUT2D eigenvalue weighted by atomic mass is 10.5. The van der Waals surface area contributed by atoms with Gasteiger partial charge in [-0.3, -0.25) is 5.41 Å². The van der Waals surface area contributed by atoms with Crippen LogP contribution < -0.4 is 5.90 Å². The van der Waals surface area contributed by atoms with Crippen LogP contribution in [0.2, 0.25) is 0 Å². The standard InChI is InChI=1S/C4H5N3OS/c5-4(8-6)3-1-9-2-7-3/h1-2,5H,6H2. The van der Waals surface area contributed by atoms with Crippen LogP contribution in [0.4, 0.5) is 0 Å². The van der Waals surface area contributed by atoms with Crippen LogP contribution in [0.15, 0.2) is 10.9 Å². The first-order valence-electron chi connectivity index (χ1n) is 2.18. The van der Waals surface area contributed by atoms with Crippen molar-refractivity contribution in [1.82, 2.24) is 4.98 Å². The molecule has 1 rings (SSSR count). The molecule has 0 bridgehead atoms. The molecule has 3 N–H and O–H groups in total. The number of nitrogens with one attached hydrogen (secondary N) is 1. The van der Waals surface area contributed by atoms with Crippen LogP contribution in [0, 0.1) is 5.41 Å². The summed E-state index contributed by atoms with van der Waals surface area (Å²) >= 11 is 1.40. The summed E-state index contributed by atoms with van der Waals surface area (Å²) in [5.74, 6) is 4.60. The number of hydrogen-bond acceptors (Lipinski definition) is 5. The van der Waals surface area contributed by atoms with Gasteiger partial charge in [-0.1, -0.05) is 0 Å². The van der Waals surface area contributed by atoms with Crippen molar-refractivity contribution >= 4 is 17.2 Å². The van der Waals surface area contributed by atoms with E-state index in [-0.39, 0.29) is 5.90 Å². The molecule has 5 heteroatoms. The molecule has 9 heavy (non-hydrogen) atoms. The number of thiazole rings is 1. The average Bonchev–Trinajstić information content (AvgIpc) is 2.37. The largest absolute Gasteiger partial charge is 0.389 e. The number of aromatic nitrogens is 1. The van der Waals surface area contributed by atoms with E-state index in [1.807, 2.05) is 0 Å². The summed E-state index contributed by atoms with van der Waals surface area (Å²) in [7, 11) is 0. The second-order valence-corrected chi connectivity index (χ2v) is 2.04. The fourth-order valence-electron chi connectivity index (χ4n) is 0.385. The van der Waals surface area contributed by atoms with E-state index in [1.165, 1.54) is 11.3 Å². The Morgan fingerprint density at radius 3 is 3.11 bits per heavy atom. The fraction of sp³-hybridized carbons (Fsp3) is 0. The Morgan fingerprint density at radius 1 is 1.89 bits per heavy atom. The number of rotatable bonds is 1. The van der Waals surface area contributed by atoms with Gasteiger partial charge in [-0.05, 0) is 0 Å². The molecule has 1 aromatic rings. The van der Waals surface area contributed by atoms with Crippen LogP contribution in [0.25, 0.3) is 0 Å².